The number of para-hydroxylation sites is 1. The van der Waals surface area contributed by atoms with Crippen molar-refractivity contribution in [3.63, 3.8) is 0 Å². The van der Waals surface area contributed by atoms with E-state index in [1.165, 1.54) is 11.8 Å². The summed E-state index contributed by atoms with van der Waals surface area (Å²) in [5.74, 6) is -0.273. The van der Waals surface area contributed by atoms with E-state index in [2.05, 4.69) is 26.8 Å². The molecular formula is C17H21N5O2S. The number of aliphatic imine (C=N–C) groups is 1. The van der Waals surface area contributed by atoms with Crippen molar-refractivity contribution in [1.82, 2.24) is 15.6 Å². The molecule has 0 radical (unpaired) electrons. The van der Waals surface area contributed by atoms with Crippen LogP contribution in [-0.4, -0.2) is 39.6 Å². The fourth-order valence-electron chi connectivity index (χ4n) is 2.65. The minimum absolute atomic E-state index is 0.0945. The number of hydrogen-bond acceptors (Lipinski definition) is 6. The van der Waals surface area contributed by atoms with Crippen molar-refractivity contribution in [2.45, 2.75) is 38.8 Å². The maximum absolute atomic E-state index is 12.0. The van der Waals surface area contributed by atoms with Crippen molar-refractivity contribution >= 4 is 40.8 Å². The standard InChI is InChI=1S/C17H21N5O2S/c1-17(2,3)21-15(24)20-14(23)10-25-16-19-12-7-5-4-6-11(12)13-8-9-18-22(13)16/h4-7,9,13H,8,10H2,1-3H3,(H2,20,21,23,24). The molecule has 2 heterocycles. The molecule has 0 saturated carbocycles. The van der Waals surface area contributed by atoms with Gasteiger partial charge in [-0.25, -0.2) is 14.8 Å². The van der Waals surface area contributed by atoms with Gasteiger partial charge in [0.2, 0.25) is 5.91 Å². The largest absolute Gasteiger partial charge is 0.333 e. The molecule has 1 aromatic carbocycles. The summed E-state index contributed by atoms with van der Waals surface area (Å²) < 4.78 is 0. The number of urea groups is 1. The second-order valence-electron chi connectivity index (χ2n) is 6.89. The van der Waals surface area contributed by atoms with Gasteiger partial charge >= 0.3 is 6.03 Å². The highest BCUT2D eigenvalue weighted by molar-refractivity contribution is 8.14. The number of nitrogens with zero attached hydrogens (tertiary/aromatic N) is 3. The highest BCUT2D eigenvalue weighted by atomic mass is 32.2. The molecule has 0 saturated heterocycles. The number of imide groups is 1. The number of hydrogen-bond donors (Lipinski definition) is 2. The van der Waals surface area contributed by atoms with Gasteiger partial charge in [-0.2, -0.15) is 5.10 Å². The third-order valence-electron chi connectivity index (χ3n) is 3.61. The molecule has 1 atom stereocenters. The maximum Gasteiger partial charge on any atom is 0.321 e. The van der Waals surface area contributed by atoms with Crippen molar-refractivity contribution in [2.24, 2.45) is 10.1 Å². The van der Waals surface area contributed by atoms with Gasteiger partial charge in [-0.1, -0.05) is 30.0 Å². The third kappa shape index (κ3) is 4.19. The second kappa shape index (κ2) is 6.87. The first-order valence-corrected chi connectivity index (χ1v) is 9.06. The molecule has 3 rings (SSSR count). The molecule has 1 unspecified atom stereocenters. The minimum atomic E-state index is -0.494. The van der Waals surface area contributed by atoms with Crippen LogP contribution in [0.25, 0.3) is 0 Å². The molecular weight excluding hydrogens is 338 g/mol. The van der Waals surface area contributed by atoms with Crippen molar-refractivity contribution in [1.29, 1.82) is 0 Å². The summed E-state index contributed by atoms with van der Waals surface area (Å²) in [6.45, 7) is 5.56. The van der Waals surface area contributed by atoms with E-state index in [0.717, 1.165) is 17.7 Å². The number of fused-ring (bicyclic) bond motifs is 3. The lowest BCUT2D eigenvalue weighted by molar-refractivity contribution is -0.117. The number of carbonyl (C=O) groups is 2. The van der Waals surface area contributed by atoms with Crippen molar-refractivity contribution in [3.8, 4) is 0 Å². The van der Waals surface area contributed by atoms with Crippen molar-refractivity contribution in [3.05, 3.63) is 29.8 Å². The number of benzene rings is 1. The lowest BCUT2D eigenvalue weighted by atomic mass is 10.0. The van der Waals surface area contributed by atoms with Crippen molar-refractivity contribution < 1.29 is 9.59 Å². The number of nitrogens with one attached hydrogen (secondary N) is 2. The molecule has 25 heavy (non-hydrogen) atoms. The zero-order chi connectivity index (χ0) is 18.0. The predicted octanol–water partition coefficient (Wildman–Crippen LogP) is 2.78. The molecule has 2 N–H and O–H groups in total. The topological polar surface area (TPSA) is 86.2 Å². The van der Waals surface area contributed by atoms with E-state index in [4.69, 9.17) is 0 Å². The first kappa shape index (κ1) is 17.5. The maximum atomic E-state index is 12.0. The van der Waals surface area contributed by atoms with Crippen LogP contribution in [0, 0.1) is 0 Å². The van der Waals surface area contributed by atoms with Crippen LogP contribution in [0.5, 0.6) is 0 Å². The highest BCUT2D eigenvalue weighted by Crippen LogP contribution is 2.40. The Morgan fingerprint density at radius 1 is 1.32 bits per heavy atom. The Balaban J connectivity index is 1.63. The van der Waals surface area contributed by atoms with Crippen LogP contribution in [0.1, 0.15) is 38.8 Å². The zero-order valence-electron chi connectivity index (χ0n) is 14.4. The molecule has 3 amide bonds. The summed E-state index contributed by atoms with van der Waals surface area (Å²) in [6, 6.07) is 7.58. The van der Waals surface area contributed by atoms with Crippen LogP contribution in [0.15, 0.2) is 34.4 Å². The Morgan fingerprint density at radius 2 is 2.08 bits per heavy atom. The molecule has 1 aromatic rings. The first-order valence-electron chi connectivity index (χ1n) is 8.07. The number of amidine groups is 1. The number of amides is 3. The van der Waals surface area contributed by atoms with E-state index in [9.17, 15) is 9.59 Å². The Kier molecular flexibility index (Phi) is 4.80. The smallest absolute Gasteiger partial charge is 0.321 e. The van der Waals surface area contributed by atoms with E-state index in [-0.39, 0.29) is 17.7 Å². The number of thioether (sulfide) groups is 1. The van der Waals surface area contributed by atoms with Gasteiger partial charge in [0.05, 0.1) is 17.5 Å². The Labute approximate surface area is 151 Å². The monoisotopic (exact) mass is 359 g/mol. The van der Waals surface area contributed by atoms with Crippen LogP contribution in [0.2, 0.25) is 0 Å². The summed E-state index contributed by atoms with van der Waals surface area (Å²) in [5, 5.41) is 11.9. The Bertz CT molecular complexity index is 754. The van der Waals surface area contributed by atoms with Gasteiger partial charge < -0.3 is 5.32 Å². The molecule has 2 aliphatic rings. The Morgan fingerprint density at radius 3 is 2.84 bits per heavy atom. The highest BCUT2D eigenvalue weighted by Gasteiger charge is 2.32. The number of hydrazone groups is 1. The molecule has 0 aliphatic carbocycles. The summed E-state index contributed by atoms with van der Waals surface area (Å²) in [7, 11) is 0. The van der Waals surface area contributed by atoms with E-state index in [1.54, 1.807) is 0 Å². The zero-order valence-corrected chi connectivity index (χ0v) is 15.3. The quantitative estimate of drug-likeness (QED) is 0.850. The number of rotatable bonds is 2. The SMILES string of the molecule is CC(C)(C)NC(=O)NC(=O)CSC1=Nc2ccccc2C2CC=NN12. The normalized spacial score (nSPS) is 18.3. The average molecular weight is 359 g/mol. The summed E-state index contributed by atoms with van der Waals surface area (Å²) in [4.78, 5) is 28.4. The van der Waals surface area contributed by atoms with Gasteiger partial charge in [0.15, 0.2) is 5.17 Å². The second-order valence-corrected chi connectivity index (χ2v) is 7.83. The third-order valence-corrected chi connectivity index (χ3v) is 4.55. The van der Waals surface area contributed by atoms with E-state index in [0.29, 0.717) is 5.17 Å². The lowest BCUT2D eigenvalue weighted by Crippen LogP contribution is -2.48. The molecule has 0 fully saturated rings. The fourth-order valence-corrected chi connectivity index (χ4v) is 3.45. The van der Waals surface area contributed by atoms with E-state index in [1.807, 2.05) is 50.2 Å². The van der Waals surface area contributed by atoms with Gasteiger partial charge in [-0.3, -0.25) is 10.1 Å². The van der Waals surface area contributed by atoms with Crippen LogP contribution >= 0.6 is 11.8 Å². The van der Waals surface area contributed by atoms with Gasteiger partial charge in [0.25, 0.3) is 0 Å². The van der Waals surface area contributed by atoms with E-state index >= 15 is 0 Å². The molecule has 7 nitrogen and oxygen atoms in total. The molecule has 0 spiro atoms. The number of carbonyl (C=O) groups excluding carboxylic acids is 2. The average Bonchev–Trinajstić information content (AvgIpc) is 3.00. The van der Waals surface area contributed by atoms with Gasteiger partial charge in [0.1, 0.15) is 0 Å². The Hall–Kier alpha value is -2.35. The summed E-state index contributed by atoms with van der Waals surface area (Å²) >= 11 is 1.28. The van der Waals surface area contributed by atoms with Crippen LogP contribution in [-0.2, 0) is 4.79 Å². The first-order chi connectivity index (χ1) is 11.8. The molecule has 8 heteroatoms. The van der Waals surface area contributed by atoms with Gasteiger partial charge in [-0.05, 0) is 26.8 Å². The van der Waals surface area contributed by atoms with Gasteiger partial charge in [0, 0.05) is 23.7 Å². The van der Waals surface area contributed by atoms with E-state index < -0.39 is 11.6 Å². The fraction of sp³-hybridized carbons (Fsp3) is 0.412. The van der Waals surface area contributed by atoms with Crippen LogP contribution < -0.4 is 10.6 Å². The summed E-state index contributed by atoms with van der Waals surface area (Å²) in [6.07, 6.45) is 2.68. The molecule has 0 aromatic heterocycles. The van der Waals surface area contributed by atoms with Gasteiger partial charge in [-0.15, -0.1) is 0 Å². The van der Waals surface area contributed by atoms with Crippen LogP contribution in [0.3, 0.4) is 0 Å². The summed E-state index contributed by atoms with van der Waals surface area (Å²) in [5.41, 5.74) is 1.65. The molecule has 0 bridgehead atoms. The lowest BCUT2D eigenvalue weighted by Gasteiger charge is -2.29. The molecule has 132 valence electrons. The molecule has 2 aliphatic heterocycles. The van der Waals surface area contributed by atoms with Crippen molar-refractivity contribution in [2.75, 3.05) is 5.75 Å². The van der Waals surface area contributed by atoms with Crippen LogP contribution in [0.4, 0.5) is 10.5 Å². The minimum Gasteiger partial charge on any atom is -0.333 e. The predicted molar refractivity (Wildman–Crippen MR) is 100 cm³/mol.